The molecule has 2 heteroatoms. The summed E-state index contributed by atoms with van der Waals surface area (Å²) in [5.41, 5.74) is 0. The highest BCUT2D eigenvalue weighted by atomic mass is 15.1. The first kappa shape index (κ1) is 6.92. The standard InChI is InChI=1S/C5H14N2/c1-4-7-5(2)6-3/h5-7H,4H2,1-3H3. The molecule has 44 valence electrons. The summed E-state index contributed by atoms with van der Waals surface area (Å²) in [7, 11) is 1.94. The van der Waals surface area contributed by atoms with Gasteiger partial charge in [0, 0.05) is 0 Å². The van der Waals surface area contributed by atoms with Crippen LogP contribution in [0.25, 0.3) is 0 Å². The lowest BCUT2D eigenvalue weighted by Crippen LogP contribution is -2.36. The predicted octanol–water partition coefficient (Wildman–Crippen LogP) is 0.161. The number of rotatable bonds is 3. The van der Waals surface area contributed by atoms with Crippen LogP contribution >= 0.6 is 0 Å². The fourth-order valence-corrected chi connectivity index (χ4v) is 0.408. The van der Waals surface area contributed by atoms with Gasteiger partial charge in [-0.05, 0) is 20.5 Å². The van der Waals surface area contributed by atoms with Gasteiger partial charge in [-0.15, -0.1) is 0 Å². The number of hydrogen-bond acceptors (Lipinski definition) is 2. The van der Waals surface area contributed by atoms with Crippen molar-refractivity contribution in [3.63, 3.8) is 0 Å². The molecule has 0 bridgehead atoms. The van der Waals surface area contributed by atoms with Crippen LogP contribution in [0.5, 0.6) is 0 Å². The zero-order valence-electron chi connectivity index (χ0n) is 5.28. The minimum Gasteiger partial charge on any atom is -0.305 e. The maximum Gasteiger partial charge on any atom is 0.0539 e. The van der Waals surface area contributed by atoms with Crippen LogP contribution < -0.4 is 10.6 Å². The fraction of sp³-hybridized carbons (Fsp3) is 1.00. The monoisotopic (exact) mass is 102 g/mol. The van der Waals surface area contributed by atoms with Crippen LogP contribution in [0.3, 0.4) is 0 Å². The summed E-state index contributed by atoms with van der Waals surface area (Å²) in [6.07, 6.45) is 0.449. The molecule has 0 aliphatic carbocycles. The van der Waals surface area contributed by atoms with Gasteiger partial charge < -0.3 is 10.6 Å². The van der Waals surface area contributed by atoms with E-state index in [1.54, 1.807) is 0 Å². The SMILES string of the molecule is CCNC(C)NC. The Kier molecular flexibility index (Phi) is 4.04. The topological polar surface area (TPSA) is 24.1 Å². The lowest BCUT2D eigenvalue weighted by atomic mass is 10.5. The first-order valence-electron chi connectivity index (χ1n) is 2.72. The molecular formula is C5H14N2. The molecule has 7 heavy (non-hydrogen) atoms. The van der Waals surface area contributed by atoms with Gasteiger partial charge in [-0.25, -0.2) is 0 Å². The van der Waals surface area contributed by atoms with Gasteiger partial charge in [-0.2, -0.15) is 0 Å². The van der Waals surface area contributed by atoms with Gasteiger partial charge in [0.1, 0.15) is 0 Å². The summed E-state index contributed by atoms with van der Waals surface area (Å²) in [5, 5.41) is 6.24. The Morgan fingerprint density at radius 2 is 2.14 bits per heavy atom. The third-order valence-electron chi connectivity index (χ3n) is 0.943. The lowest BCUT2D eigenvalue weighted by Gasteiger charge is -2.08. The third-order valence-corrected chi connectivity index (χ3v) is 0.943. The highest BCUT2D eigenvalue weighted by Crippen LogP contribution is 1.66. The number of nitrogens with one attached hydrogen (secondary N) is 2. The van der Waals surface area contributed by atoms with Gasteiger partial charge in [0.2, 0.25) is 0 Å². The lowest BCUT2D eigenvalue weighted by molar-refractivity contribution is 0.505. The molecule has 1 atom stereocenters. The quantitative estimate of drug-likeness (QED) is 0.496. The Morgan fingerprint density at radius 3 is 2.29 bits per heavy atom. The second-order valence-corrected chi connectivity index (χ2v) is 1.57. The van der Waals surface area contributed by atoms with Crippen LogP contribution in [0.2, 0.25) is 0 Å². The molecule has 0 saturated carbocycles. The van der Waals surface area contributed by atoms with Crippen molar-refractivity contribution < 1.29 is 0 Å². The predicted molar refractivity (Wildman–Crippen MR) is 32.2 cm³/mol. The van der Waals surface area contributed by atoms with E-state index in [4.69, 9.17) is 0 Å². The molecule has 0 heterocycles. The van der Waals surface area contributed by atoms with Crippen LogP contribution in [-0.4, -0.2) is 19.8 Å². The van der Waals surface area contributed by atoms with Crippen molar-refractivity contribution in [2.45, 2.75) is 20.0 Å². The molecule has 0 aliphatic heterocycles. The van der Waals surface area contributed by atoms with E-state index < -0.39 is 0 Å². The molecule has 0 rings (SSSR count). The van der Waals surface area contributed by atoms with Crippen LogP contribution in [0.15, 0.2) is 0 Å². The Bertz CT molecular complexity index is 37.1. The molecule has 0 radical (unpaired) electrons. The molecule has 0 aliphatic rings. The van der Waals surface area contributed by atoms with E-state index in [0.717, 1.165) is 6.54 Å². The second-order valence-electron chi connectivity index (χ2n) is 1.57. The van der Waals surface area contributed by atoms with Crippen molar-refractivity contribution in [1.29, 1.82) is 0 Å². The molecule has 2 nitrogen and oxygen atoms in total. The summed E-state index contributed by atoms with van der Waals surface area (Å²) in [4.78, 5) is 0. The maximum atomic E-state index is 3.18. The van der Waals surface area contributed by atoms with E-state index in [1.165, 1.54) is 0 Å². The molecule has 1 unspecified atom stereocenters. The van der Waals surface area contributed by atoms with Crippen molar-refractivity contribution in [2.75, 3.05) is 13.6 Å². The Labute approximate surface area is 45.3 Å². The van der Waals surface area contributed by atoms with E-state index in [2.05, 4.69) is 24.5 Å². The van der Waals surface area contributed by atoms with Gasteiger partial charge in [0.05, 0.1) is 6.17 Å². The smallest absolute Gasteiger partial charge is 0.0539 e. The molecule has 0 saturated heterocycles. The summed E-state index contributed by atoms with van der Waals surface area (Å²) in [6, 6.07) is 0. The summed E-state index contributed by atoms with van der Waals surface area (Å²) in [6.45, 7) is 5.21. The van der Waals surface area contributed by atoms with E-state index in [1.807, 2.05) is 7.05 Å². The zero-order valence-corrected chi connectivity index (χ0v) is 5.28. The highest BCUT2D eigenvalue weighted by molar-refractivity contribution is 4.49. The molecule has 0 amide bonds. The van der Waals surface area contributed by atoms with Crippen LogP contribution in [-0.2, 0) is 0 Å². The molecule has 2 N–H and O–H groups in total. The normalized spacial score (nSPS) is 14.1. The van der Waals surface area contributed by atoms with Gasteiger partial charge in [-0.3, -0.25) is 0 Å². The van der Waals surface area contributed by atoms with Crippen LogP contribution in [0.4, 0.5) is 0 Å². The Hall–Kier alpha value is -0.0800. The Balaban J connectivity index is 2.83. The maximum absolute atomic E-state index is 3.18. The van der Waals surface area contributed by atoms with Crippen molar-refractivity contribution >= 4 is 0 Å². The summed E-state index contributed by atoms with van der Waals surface area (Å²) < 4.78 is 0. The fourth-order valence-electron chi connectivity index (χ4n) is 0.408. The molecule has 0 aromatic heterocycles. The second kappa shape index (κ2) is 4.09. The van der Waals surface area contributed by atoms with E-state index in [9.17, 15) is 0 Å². The van der Waals surface area contributed by atoms with E-state index >= 15 is 0 Å². The largest absolute Gasteiger partial charge is 0.305 e. The van der Waals surface area contributed by atoms with Gasteiger partial charge >= 0.3 is 0 Å². The van der Waals surface area contributed by atoms with Crippen LogP contribution in [0.1, 0.15) is 13.8 Å². The minimum absolute atomic E-state index is 0.449. The van der Waals surface area contributed by atoms with Crippen molar-refractivity contribution in [1.82, 2.24) is 10.6 Å². The highest BCUT2D eigenvalue weighted by Gasteiger charge is 1.88. The average molecular weight is 102 g/mol. The van der Waals surface area contributed by atoms with Crippen molar-refractivity contribution in [3.8, 4) is 0 Å². The zero-order chi connectivity index (χ0) is 5.70. The molecule has 0 aromatic rings. The van der Waals surface area contributed by atoms with Crippen LogP contribution in [0, 0.1) is 0 Å². The van der Waals surface area contributed by atoms with Gasteiger partial charge in [0.15, 0.2) is 0 Å². The number of hydrogen-bond donors (Lipinski definition) is 2. The third kappa shape index (κ3) is 3.76. The Morgan fingerprint density at radius 1 is 1.57 bits per heavy atom. The van der Waals surface area contributed by atoms with Crippen molar-refractivity contribution in [2.24, 2.45) is 0 Å². The molecule has 0 fully saturated rings. The van der Waals surface area contributed by atoms with E-state index in [-0.39, 0.29) is 0 Å². The average Bonchev–Trinajstić information content (AvgIpc) is 1.68. The van der Waals surface area contributed by atoms with Gasteiger partial charge in [0.25, 0.3) is 0 Å². The van der Waals surface area contributed by atoms with Crippen molar-refractivity contribution in [3.05, 3.63) is 0 Å². The molecular weight excluding hydrogens is 88.1 g/mol. The summed E-state index contributed by atoms with van der Waals surface area (Å²) in [5.74, 6) is 0. The first-order valence-corrected chi connectivity index (χ1v) is 2.72. The minimum atomic E-state index is 0.449. The van der Waals surface area contributed by atoms with Gasteiger partial charge in [-0.1, -0.05) is 6.92 Å². The molecule has 0 spiro atoms. The molecule has 0 aromatic carbocycles. The van der Waals surface area contributed by atoms with E-state index in [0.29, 0.717) is 6.17 Å². The first-order chi connectivity index (χ1) is 3.31. The summed E-state index contributed by atoms with van der Waals surface area (Å²) >= 11 is 0.